The average molecular weight is 235 g/mol. The zero-order valence-electron chi connectivity index (χ0n) is 10.8. The Balaban J connectivity index is 2.16. The summed E-state index contributed by atoms with van der Waals surface area (Å²) < 4.78 is 5.55. The predicted octanol–water partition coefficient (Wildman–Crippen LogP) is 2.64. The molecular formula is C14H21NO2. The van der Waals surface area contributed by atoms with Gasteiger partial charge in [-0.3, -0.25) is 4.84 Å². The van der Waals surface area contributed by atoms with Crippen molar-refractivity contribution in [2.45, 2.75) is 13.5 Å². The van der Waals surface area contributed by atoms with E-state index in [1.54, 1.807) is 5.06 Å². The third-order valence-corrected chi connectivity index (χ3v) is 2.21. The SMILES string of the molecule is CC(=CCOCc1ccccc1)CON(C)C. The fourth-order valence-corrected chi connectivity index (χ4v) is 1.24. The maximum Gasteiger partial charge on any atom is 0.0893 e. The molecule has 1 aromatic rings. The first kappa shape index (κ1) is 13.9. The lowest BCUT2D eigenvalue weighted by molar-refractivity contribution is -0.109. The van der Waals surface area contributed by atoms with Crippen molar-refractivity contribution in [3.05, 3.63) is 47.5 Å². The monoisotopic (exact) mass is 235 g/mol. The van der Waals surface area contributed by atoms with E-state index in [2.05, 4.69) is 12.1 Å². The second-order valence-corrected chi connectivity index (χ2v) is 4.14. The third kappa shape index (κ3) is 6.89. The van der Waals surface area contributed by atoms with Gasteiger partial charge in [0, 0.05) is 14.1 Å². The summed E-state index contributed by atoms with van der Waals surface area (Å²) in [6, 6.07) is 10.2. The molecule has 3 heteroatoms. The summed E-state index contributed by atoms with van der Waals surface area (Å²) in [5, 5.41) is 1.70. The molecule has 0 saturated carbocycles. The number of nitrogens with zero attached hydrogens (tertiary/aromatic N) is 1. The van der Waals surface area contributed by atoms with Crippen LogP contribution in [0, 0.1) is 0 Å². The summed E-state index contributed by atoms with van der Waals surface area (Å²) in [4.78, 5) is 5.33. The summed E-state index contributed by atoms with van der Waals surface area (Å²) in [6.07, 6.45) is 2.05. The molecule has 0 aliphatic heterocycles. The minimum absolute atomic E-state index is 0.613. The predicted molar refractivity (Wildman–Crippen MR) is 69.5 cm³/mol. The lowest BCUT2D eigenvalue weighted by Gasteiger charge is -2.10. The highest BCUT2D eigenvalue weighted by molar-refractivity contribution is 5.13. The van der Waals surface area contributed by atoms with Crippen LogP contribution in [0.2, 0.25) is 0 Å². The summed E-state index contributed by atoms with van der Waals surface area (Å²) >= 11 is 0. The molecule has 0 bridgehead atoms. The molecule has 0 aliphatic rings. The van der Waals surface area contributed by atoms with E-state index in [0.717, 1.165) is 0 Å². The molecular weight excluding hydrogens is 214 g/mol. The Hall–Kier alpha value is -1.16. The van der Waals surface area contributed by atoms with Crippen LogP contribution in [0.15, 0.2) is 42.0 Å². The molecule has 1 rings (SSSR count). The Kier molecular flexibility index (Phi) is 6.55. The van der Waals surface area contributed by atoms with Gasteiger partial charge >= 0.3 is 0 Å². The van der Waals surface area contributed by atoms with Gasteiger partial charge in [0.1, 0.15) is 0 Å². The van der Waals surface area contributed by atoms with Crippen LogP contribution in [0.3, 0.4) is 0 Å². The van der Waals surface area contributed by atoms with Crippen LogP contribution in [0.4, 0.5) is 0 Å². The lowest BCUT2D eigenvalue weighted by Crippen LogP contribution is -2.13. The molecule has 0 aliphatic carbocycles. The van der Waals surface area contributed by atoms with Crippen LogP contribution < -0.4 is 0 Å². The average Bonchev–Trinajstić information content (AvgIpc) is 2.33. The standard InChI is InChI=1S/C14H21NO2/c1-13(11-17-15(2)3)9-10-16-12-14-7-5-4-6-8-14/h4-9H,10-12H2,1-3H3. The molecule has 3 nitrogen and oxygen atoms in total. The zero-order valence-corrected chi connectivity index (χ0v) is 10.8. The van der Waals surface area contributed by atoms with Crippen LogP contribution >= 0.6 is 0 Å². The maximum absolute atomic E-state index is 5.55. The molecule has 0 heterocycles. The smallest absolute Gasteiger partial charge is 0.0893 e. The second-order valence-electron chi connectivity index (χ2n) is 4.14. The number of rotatable bonds is 7. The molecule has 0 unspecified atom stereocenters. The van der Waals surface area contributed by atoms with Gasteiger partial charge in [-0.1, -0.05) is 36.4 Å². The molecule has 0 spiro atoms. The first-order valence-corrected chi connectivity index (χ1v) is 5.76. The Morgan fingerprint density at radius 1 is 1.24 bits per heavy atom. The molecule has 17 heavy (non-hydrogen) atoms. The van der Waals surface area contributed by atoms with E-state index < -0.39 is 0 Å². The van der Waals surface area contributed by atoms with Gasteiger partial charge in [0.2, 0.25) is 0 Å². The van der Waals surface area contributed by atoms with Crippen molar-refractivity contribution in [3.63, 3.8) is 0 Å². The van der Waals surface area contributed by atoms with Crippen LogP contribution in [-0.4, -0.2) is 32.4 Å². The van der Waals surface area contributed by atoms with E-state index in [0.29, 0.717) is 19.8 Å². The van der Waals surface area contributed by atoms with Gasteiger partial charge in [-0.2, -0.15) is 5.06 Å². The molecule has 0 amide bonds. The van der Waals surface area contributed by atoms with Gasteiger partial charge in [-0.15, -0.1) is 0 Å². The van der Waals surface area contributed by atoms with Crippen molar-refractivity contribution in [1.82, 2.24) is 5.06 Å². The highest BCUT2D eigenvalue weighted by Crippen LogP contribution is 2.01. The lowest BCUT2D eigenvalue weighted by atomic mass is 10.2. The summed E-state index contributed by atoms with van der Waals surface area (Å²) in [7, 11) is 3.75. The number of hydroxylamine groups is 2. The molecule has 0 fully saturated rings. The van der Waals surface area contributed by atoms with Crippen molar-refractivity contribution in [2.75, 3.05) is 27.3 Å². The van der Waals surface area contributed by atoms with Crippen molar-refractivity contribution >= 4 is 0 Å². The minimum Gasteiger partial charge on any atom is -0.373 e. The second kappa shape index (κ2) is 8.01. The Bertz CT molecular complexity index is 333. The highest BCUT2D eigenvalue weighted by Gasteiger charge is 1.93. The normalized spacial score (nSPS) is 12.1. The van der Waals surface area contributed by atoms with Crippen LogP contribution in [0.5, 0.6) is 0 Å². The topological polar surface area (TPSA) is 21.7 Å². The minimum atomic E-state index is 0.613. The van der Waals surface area contributed by atoms with Crippen molar-refractivity contribution < 1.29 is 9.57 Å². The van der Waals surface area contributed by atoms with Crippen LogP contribution in [0.1, 0.15) is 12.5 Å². The molecule has 1 aromatic carbocycles. The molecule has 0 radical (unpaired) electrons. The molecule has 0 N–H and O–H groups in total. The third-order valence-electron chi connectivity index (χ3n) is 2.21. The largest absolute Gasteiger partial charge is 0.373 e. The number of hydrogen-bond acceptors (Lipinski definition) is 3. The van der Waals surface area contributed by atoms with Crippen molar-refractivity contribution in [2.24, 2.45) is 0 Å². The molecule has 0 saturated heterocycles. The first-order valence-electron chi connectivity index (χ1n) is 5.76. The van der Waals surface area contributed by atoms with Gasteiger partial charge in [-0.05, 0) is 18.1 Å². The van der Waals surface area contributed by atoms with E-state index in [9.17, 15) is 0 Å². The van der Waals surface area contributed by atoms with Crippen molar-refractivity contribution in [3.8, 4) is 0 Å². The molecule has 0 atom stereocenters. The Morgan fingerprint density at radius 2 is 1.94 bits per heavy atom. The van der Waals surface area contributed by atoms with Gasteiger partial charge in [0.25, 0.3) is 0 Å². The fourth-order valence-electron chi connectivity index (χ4n) is 1.24. The van der Waals surface area contributed by atoms with E-state index in [-0.39, 0.29) is 0 Å². The summed E-state index contributed by atoms with van der Waals surface area (Å²) in [5.74, 6) is 0. The van der Waals surface area contributed by atoms with Crippen LogP contribution in [0.25, 0.3) is 0 Å². The van der Waals surface area contributed by atoms with E-state index in [4.69, 9.17) is 9.57 Å². The Labute approximate surface area is 104 Å². The number of benzene rings is 1. The van der Waals surface area contributed by atoms with E-state index in [1.165, 1.54) is 11.1 Å². The fraction of sp³-hybridized carbons (Fsp3) is 0.429. The van der Waals surface area contributed by atoms with Crippen molar-refractivity contribution in [1.29, 1.82) is 0 Å². The van der Waals surface area contributed by atoms with Gasteiger partial charge in [-0.25, -0.2) is 0 Å². The Morgan fingerprint density at radius 3 is 2.59 bits per heavy atom. The number of hydrogen-bond donors (Lipinski definition) is 0. The van der Waals surface area contributed by atoms with Gasteiger partial charge in [0.15, 0.2) is 0 Å². The summed E-state index contributed by atoms with van der Waals surface area (Å²) in [5.41, 5.74) is 2.37. The van der Waals surface area contributed by atoms with E-state index >= 15 is 0 Å². The van der Waals surface area contributed by atoms with Crippen LogP contribution in [-0.2, 0) is 16.2 Å². The van der Waals surface area contributed by atoms with Gasteiger partial charge in [0.05, 0.1) is 19.8 Å². The molecule has 94 valence electrons. The van der Waals surface area contributed by atoms with Gasteiger partial charge < -0.3 is 4.74 Å². The number of ether oxygens (including phenoxy) is 1. The quantitative estimate of drug-likeness (QED) is 0.412. The highest BCUT2D eigenvalue weighted by atomic mass is 16.7. The first-order chi connectivity index (χ1) is 8.18. The zero-order chi connectivity index (χ0) is 12.5. The maximum atomic E-state index is 5.55. The molecule has 0 aromatic heterocycles. The summed E-state index contributed by atoms with van der Waals surface area (Å²) in [6.45, 7) is 3.92. The van der Waals surface area contributed by atoms with E-state index in [1.807, 2.05) is 45.3 Å².